The van der Waals surface area contributed by atoms with Crippen LogP contribution in [-0.2, 0) is 0 Å². The number of aryl methyl sites for hydroxylation is 1. The molecule has 19 heavy (non-hydrogen) atoms. The third-order valence-corrected chi connectivity index (χ3v) is 4.13. The average Bonchev–Trinajstić information content (AvgIpc) is 2.74. The second-order valence-electron chi connectivity index (χ2n) is 5.90. The Morgan fingerprint density at radius 2 is 2.11 bits per heavy atom. The molecule has 0 radical (unpaired) electrons. The Balaban J connectivity index is 1.82. The van der Waals surface area contributed by atoms with Crippen molar-refractivity contribution in [1.82, 2.24) is 14.6 Å². The topological polar surface area (TPSA) is 42.2 Å². The van der Waals surface area contributed by atoms with Crippen LogP contribution in [0.1, 0.15) is 44.6 Å². The molecule has 0 aliphatic heterocycles. The van der Waals surface area contributed by atoms with Gasteiger partial charge in [0.25, 0.3) is 0 Å². The van der Waals surface area contributed by atoms with Gasteiger partial charge in [-0.1, -0.05) is 19.8 Å². The molecule has 2 atom stereocenters. The maximum atomic E-state index is 4.31. The highest BCUT2D eigenvalue weighted by atomic mass is 15.3. The van der Waals surface area contributed by atoms with Gasteiger partial charge in [-0.3, -0.25) is 0 Å². The molecule has 0 spiro atoms. The first-order chi connectivity index (χ1) is 9.22. The minimum atomic E-state index is 0.569. The zero-order valence-corrected chi connectivity index (χ0v) is 11.8. The fourth-order valence-electron chi connectivity index (χ4n) is 3.00. The van der Waals surface area contributed by atoms with Gasteiger partial charge in [-0.2, -0.15) is 9.61 Å². The molecule has 4 heteroatoms. The van der Waals surface area contributed by atoms with Gasteiger partial charge in [-0.25, -0.2) is 4.98 Å². The highest BCUT2D eigenvalue weighted by molar-refractivity contribution is 5.51. The molecule has 0 saturated heterocycles. The second kappa shape index (κ2) is 5.19. The van der Waals surface area contributed by atoms with E-state index in [1.807, 2.05) is 4.52 Å². The summed E-state index contributed by atoms with van der Waals surface area (Å²) in [4.78, 5) is 4.28. The molecule has 1 N–H and O–H groups in total. The number of fused-ring (bicyclic) bond motifs is 1. The van der Waals surface area contributed by atoms with Gasteiger partial charge in [0.15, 0.2) is 5.65 Å². The minimum absolute atomic E-state index is 0.569. The summed E-state index contributed by atoms with van der Waals surface area (Å²) in [6.07, 6.45) is 8.15. The van der Waals surface area contributed by atoms with Gasteiger partial charge in [-0.15, -0.1) is 0 Å². The maximum Gasteiger partial charge on any atom is 0.157 e. The van der Waals surface area contributed by atoms with E-state index in [1.54, 1.807) is 6.33 Å². The molecule has 3 rings (SSSR count). The van der Waals surface area contributed by atoms with E-state index in [1.165, 1.54) is 37.7 Å². The Kier molecular flexibility index (Phi) is 3.40. The van der Waals surface area contributed by atoms with Crippen molar-refractivity contribution in [3.63, 3.8) is 0 Å². The summed E-state index contributed by atoms with van der Waals surface area (Å²) in [7, 11) is 0. The third-order valence-electron chi connectivity index (χ3n) is 4.13. The highest BCUT2D eigenvalue weighted by Crippen LogP contribution is 2.25. The van der Waals surface area contributed by atoms with E-state index in [0.29, 0.717) is 6.04 Å². The van der Waals surface area contributed by atoms with Gasteiger partial charge in [-0.05, 0) is 49.8 Å². The third kappa shape index (κ3) is 2.72. The zero-order chi connectivity index (χ0) is 13.2. The largest absolute Gasteiger partial charge is 0.367 e. The zero-order valence-electron chi connectivity index (χ0n) is 11.8. The number of pyridine rings is 1. The summed E-state index contributed by atoms with van der Waals surface area (Å²) in [6.45, 7) is 4.47. The van der Waals surface area contributed by atoms with Crippen LogP contribution in [0.5, 0.6) is 0 Å². The molecule has 2 heterocycles. The summed E-state index contributed by atoms with van der Waals surface area (Å²) < 4.78 is 1.90. The Hall–Kier alpha value is -1.58. The molecule has 2 aromatic heterocycles. The summed E-state index contributed by atoms with van der Waals surface area (Å²) >= 11 is 0. The van der Waals surface area contributed by atoms with Crippen molar-refractivity contribution < 1.29 is 0 Å². The number of anilines is 1. The van der Waals surface area contributed by atoms with Crippen LogP contribution in [0, 0.1) is 12.8 Å². The predicted octanol–water partition coefficient (Wildman–Crippen LogP) is 3.42. The van der Waals surface area contributed by atoms with Crippen LogP contribution in [0.3, 0.4) is 0 Å². The molecule has 0 aromatic carbocycles. The van der Waals surface area contributed by atoms with E-state index in [0.717, 1.165) is 17.4 Å². The lowest BCUT2D eigenvalue weighted by molar-refractivity contribution is 0.501. The van der Waals surface area contributed by atoms with Crippen molar-refractivity contribution in [3.8, 4) is 0 Å². The summed E-state index contributed by atoms with van der Waals surface area (Å²) in [5.74, 6) is 1.95. The SMILES string of the molecule is Cc1cc(NC2CCCC(C)CC2)n2ncnc2c1. The van der Waals surface area contributed by atoms with Gasteiger partial charge in [0.1, 0.15) is 12.1 Å². The lowest BCUT2D eigenvalue weighted by Crippen LogP contribution is -2.20. The fraction of sp³-hybridized carbons (Fsp3) is 0.600. The van der Waals surface area contributed by atoms with Crippen LogP contribution in [0.15, 0.2) is 18.5 Å². The normalized spacial score (nSPS) is 24.3. The van der Waals surface area contributed by atoms with E-state index in [9.17, 15) is 0 Å². The van der Waals surface area contributed by atoms with Crippen LogP contribution < -0.4 is 5.32 Å². The average molecular weight is 258 g/mol. The predicted molar refractivity (Wildman–Crippen MR) is 77.4 cm³/mol. The van der Waals surface area contributed by atoms with Crippen molar-refractivity contribution in [2.24, 2.45) is 5.92 Å². The van der Waals surface area contributed by atoms with Crippen molar-refractivity contribution in [1.29, 1.82) is 0 Å². The maximum absolute atomic E-state index is 4.31. The minimum Gasteiger partial charge on any atom is -0.367 e. The number of aromatic nitrogens is 3. The molecule has 1 saturated carbocycles. The van der Waals surface area contributed by atoms with E-state index >= 15 is 0 Å². The standard InChI is InChI=1S/C15H22N4/c1-11-4-3-5-13(7-6-11)18-15-9-12(2)8-14-16-10-17-19(14)15/h8-11,13,18H,3-7H2,1-2H3. The lowest BCUT2D eigenvalue weighted by atomic mass is 10.0. The van der Waals surface area contributed by atoms with E-state index in [-0.39, 0.29) is 0 Å². The fourth-order valence-corrected chi connectivity index (χ4v) is 3.00. The van der Waals surface area contributed by atoms with Crippen LogP contribution >= 0.6 is 0 Å². The molecule has 1 aliphatic rings. The Bertz CT molecular complexity index is 560. The van der Waals surface area contributed by atoms with Gasteiger partial charge >= 0.3 is 0 Å². The van der Waals surface area contributed by atoms with Crippen LogP contribution in [0.4, 0.5) is 5.82 Å². The Morgan fingerprint density at radius 3 is 3.00 bits per heavy atom. The molecule has 4 nitrogen and oxygen atoms in total. The van der Waals surface area contributed by atoms with Gasteiger partial charge in [0, 0.05) is 6.04 Å². The number of hydrogen-bond donors (Lipinski definition) is 1. The number of rotatable bonds is 2. The van der Waals surface area contributed by atoms with E-state index in [2.05, 4.69) is 41.4 Å². The van der Waals surface area contributed by atoms with Crippen LogP contribution in [0.2, 0.25) is 0 Å². The van der Waals surface area contributed by atoms with Crippen molar-refractivity contribution in [3.05, 3.63) is 24.0 Å². The second-order valence-corrected chi connectivity index (χ2v) is 5.90. The van der Waals surface area contributed by atoms with E-state index < -0.39 is 0 Å². The summed E-state index contributed by atoms with van der Waals surface area (Å²) in [5.41, 5.74) is 2.15. The summed E-state index contributed by atoms with van der Waals surface area (Å²) in [5, 5.41) is 7.98. The number of nitrogens with one attached hydrogen (secondary N) is 1. The molecule has 0 amide bonds. The Labute approximate surface area is 114 Å². The smallest absolute Gasteiger partial charge is 0.157 e. The van der Waals surface area contributed by atoms with E-state index in [4.69, 9.17) is 0 Å². The van der Waals surface area contributed by atoms with Gasteiger partial charge in [0.2, 0.25) is 0 Å². The van der Waals surface area contributed by atoms with Crippen LogP contribution in [0.25, 0.3) is 5.65 Å². The van der Waals surface area contributed by atoms with Crippen LogP contribution in [-0.4, -0.2) is 20.6 Å². The Morgan fingerprint density at radius 1 is 1.21 bits per heavy atom. The van der Waals surface area contributed by atoms with Crippen molar-refractivity contribution in [2.45, 2.75) is 52.0 Å². The number of nitrogens with zero attached hydrogens (tertiary/aromatic N) is 3. The number of hydrogen-bond acceptors (Lipinski definition) is 3. The van der Waals surface area contributed by atoms with Crippen molar-refractivity contribution >= 4 is 11.5 Å². The molecule has 1 aliphatic carbocycles. The molecule has 102 valence electrons. The molecule has 2 aromatic rings. The highest BCUT2D eigenvalue weighted by Gasteiger charge is 2.17. The molecule has 0 bridgehead atoms. The molecular formula is C15H22N4. The first-order valence-electron chi connectivity index (χ1n) is 7.29. The molecular weight excluding hydrogens is 236 g/mol. The van der Waals surface area contributed by atoms with Gasteiger partial charge in [0.05, 0.1) is 0 Å². The van der Waals surface area contributed by atoms with Gasteiger partial charge < -0.3 is 5.32 Å². The monoisotopic (exact) mass is 258 g/mol. The lowest BCUT2D eigenvalue weighted by Gasteiger charge is -2.18. The molecule has 1 fully saturated rings. The summed E-state index contributed by atoms with van der Waals surface area (Å²) in [6, 6.07) is 4.79. The first-order valence-corrected chi connectivity index (χ1v) is 7.29. The first kappa shape index (κ1) is 12.5. The quantitative estimate of drug-likeness (QED) is 0.839. The van der Waals surface area contributed by atoms with Crippen molar-refractivity contribution in [2.75, 3.05) is 5.32 Å². The molecule has 2 unspecified atom stereocenters.